The van der Waals surface area contributed by atoms with E-state index in [0.29, 0.717) is 0 Å². The van der Waals surface area contributed by atoms with E-state index in [1.54, 1.807) is 0 Å². The van der Waals surface area contributed by atoms with Crippen LogP contribution < -0.4 is 5.73 Å². The van der Waals surface area contributed by atoms with E-state index in [-0.39, 0.29) is 6.04 Å². The van der Waals surface area contributed by atoms with E-state index in [4.69, 9.17) is 5.73 Å². The molecule has 1 nitrogen and oxygen atoms in total. The largest absolute Gasteiger partial charge is 0.324 e. The summed E-state index contributed by atoms with van der Waals surface area (Å²) in [7, 11) is 0. The minimum Gasteiger partial charge on any atom is -0.324 e. The zero-order chi connectivity index (χ0) is 8.85. The van der Waals surface area contributed by atoms with Gasteiger partial charge in [-0.15, -0.1) is 0 Å². The van der Waals surface area contributed by atoms with Gasteiger partial charge in [0.1, 0.15) is 0 Å². The molecule has 64 valence electrons. The fourth-order valence-electron chi connectivity index (χ4n) is 0.774. The molecule has 1 atom stereocenters. The van der Waals surface area contributed by atoms with Crippen molar-refractivity contribution >= 4 is 0 Å². The molecule has 0 saturated heterocycles. The predicted molar refractivity (Wildman–Crippen MR) is 51.5 cm³/mol. The Hall–Kier alpha value is -0.560. The summed E-state index contributed by atoms with van der Waals surface area (Å²) in [5.74, 6) is 0. The molecule has 0 aromatic rings. The smallest absolute Gasteiger partial charge is 0.0251 e. The van der Waals surface area contributed by atoms with Crippen LogP contribution in [0.5, 0.6) is 0 Å². The highest BCUT2D eigenvalue weighted by Gasteiger charge is 2.01. The zero-order valence-electron chi connectivity index (χ0n) is 7.85. The molecular formula is C10H19N. The van der Waals surface area contributed by atoms with Gasteiger partial charge in [0.15, 0.2) is 0 Å². The molecule has 0 aliphatic carbocycles. The summed E-state index contributed by atoms with van der Waals surface area (Å²) in [6, 6.07) is 0.171. The van der Waals surface area contributed by atoms with Crippen LogP contribution in [0, 0.1) is 0 Å². The van der Waals surface area contributed by atoms with E-state index in [1.165, 1.54) is 5.57 Å². The van der Waals surface area contributed by atoms with Gasteiger partial charge in [0.25, 0.3) is 0 Å². The van der Waals surface area contributed by atoms with Crippen LogP contribution in [0.3, 0.4) is 0 Å². The van der Waals surface area contributed by atoms with E-state index >= 15 is 0 Å². The van der Waals surface area contributed by atoms with Crippen molar-refractivity contribution in [3.63, 3.8) is 0 Å². The molecule has 0 fully saturated rings. The van der Waals surface area contributed by atoms with Gasteiger partial charge in [0, 0.05) is 6.04 Å². The molecule has 0 aliphatic rings. The molecule has 11 heavy (non-hydrogen) atoms. The molecule has 0 saturated carbocycles. The number of rotatable bonds is 4. The summed E-state index contributed by atoms with van der Waals surface area (Å²) in [5, 5.41) is 0. The van der Waals surface area contributed by atoms with Crippen molar-refractivity contribution in [1.82, 2.24) is 0 Å². The topological polar surface area (TPSA) is 26.0 Å². The minimum absolute atomic E-state index is 0.171. The Kier molecular flexibility index (Phi) is 4.88. The quantitative estimate of drug-likeness (QED) is 0.617. The van der Waals surface area contributed by atoms with Crippen molar-refractivity contribution in [2.24, 2.45) is 5.73 Å². The molecule has 1 heteroatoms. The van der Waals surface area contributed by atoms with Gasteiger partial charge < -0.3 is 5.73 Å². The SMILES string of the molecule is C=C(C)C(N)CC/C(C)=C/C. The van der Waals surface area contributed by atoms with Gasteiger partial charge in [-0.3, -0.25) is 0 Å². The molecule has 0 bridgehead atoms. The van der Waals surface area contributed by atoms with Crippen LogP contribution in [0.2, 0.25) is 0 Å². The first-order valence-electron chi connectivity index (χ1n) is 4.10. The lowest BCUT2D eigenvalue weighted by Gasteiger charge is -2.10. The van der Waals surface area contributed by atoms with Gasteiger partial charge in [-0.05, 0) is 33.6 Å². The van der Waals surface area contributed by atoms with Crippen LogP contribution in [0.4, 0.5) is 0 Å². The van der Waals surface area contributed by atoms with Crippen molar-refractivity contribution in [2.45, 2.75) is 39.7 Å². The standard InChI is InChI=1S/C10H19N/c1-5-9(4)6-7-10(11)8(2)3/h5,10H,2,6-7,11H2,1,3-4H3/b9-5+. The van der Waals surface area contributed by atoms with Crippen molar-refractivity contribution < 1.29 is 0 Å². The number of allylic oxidation sites excluding steroid dienone is 2. The Balaban J connectivity index is 3.62. The van der Waals surface area contributed by atoms with Crippen molar-refractivity contribution in [3.05, 3.63) is 23.8 Å². The van der Waals surface area contributed by atoms with E-state index < -0.39 is 0 Å². The molecule has 1 unspecified atom stereocenters. The predicted octanol–water partition coefficient (Wildman–Crippen LogP) is 2.64. The second-order valence-corrected chi connectivity index (χ2v) is 3.13. The third-order valence-corrected chi connectivity index (χ3v) is 1.98. The Bertz CT molecular complexity index is 156. The van der Waals surface area contributed by atoms with Crippen molar-refractivity contribution in [3.8, 4) is 0 Å². The summed E-state index contributed by atoms with van der Waals surface area (Å²) < 4.78 is 0. The Labute approximate surface area is 70.0 Å². The van der Waals surface area contributed by atoms with Crippen LogP contribution >= 0.6 is 0 Å². The molecule has 0 amide bonds. The summed E-state index contributed by atoms with van der Waals surface area (Å²) in [6.45, 7) is 9.98. The van der Waals surface area contributed by atoms with Gasteiger partial charge in [-0.2, -0.15) is 0 Å². The first-order valence-corrected chi connectivity index (χ1v) is 4.10. The average molecular weight is 153 g/mol. The van der Waals surface area contributed by atoms with Gasteiger partial charge in [0.05, 0.1) is 0 Å². The summed E-state index contributed by atoms with van der Waals surface area (Å²) in [4.78, 5) is 0. The van der Waals surface area contributed by atoms with E-state index in [2.05, 4.69) is 26.5 Å². The maximum absolute atomic E-state index is 5.79. The molecule has 0 heterocycles. The fraction of sp³-hybridized carbons (Fsp3) is 0.600. The molecule has 0 aliphatic heterocycles. The van der Waals surface area contributed by atoms with E-state index in [1.807, 2.05) is 6.92 Å². The maximum Gasteiger partial charge on any atom is 0.0251 e. The monoisotopic (exact) mass is 153 g/mol. The van der Waals surface area contributed by atoms with Crippen LogP contribution in [-0.2, 0) is 0 Å². The molecule has 0 aromatic heterocycles. The molecule has 0 spiro atoms. The van der Waals surface area contributed by atoms with Crippen LogP contribution in [0.15, 0.2) is 23.8 Å². The first-order chi connectivity index (χ1) is 5.07. The molecule has 2 N–H and O–H groups in total. The summed E-state index contributed by atoms with van der Waals surface area (Å²) in [6.07, 6.45) is 4.24. The van der Waals surface area contributed by atoms with Crippen LogP contribution in [-0.4, -0.2) is 6.04 Å². The second kappa shape index (κ2) is 5.14. The summed E-state index contributed by atoms with van der Waals surface area (Å²) in [5.41, 5.74) is 8.27. The average Bonchev–Trinajstić information content (AvgIpc) is 1.99. The molecule has 0 radical (unpaired) electrons. The van der Waals surface area contributed by atoms with E-state index in [0.717, 1.165) is 18.4 Å². The van der Waals surface area contributed by atoms with Crippen LogP contribution in [0.25, 0.3) is 0 Å². The fourth-order valence-corrected chi connectivity index (χ4v) is 0.774. The third-order valence-electron chi connectivity index (χ3n) is 1.98. The lowest BCUT2D eigenvalue weighted by Crippen LogP contribution is -2.20. The second-order valence-electron chi connectivity index (χ2n) is 3.13. The van der Waals surface area contributed by atoms with Crippen molar-refractivity contribution in [1.29, 1.82) is 0 Å². The van der Waals surface area contributed by atoms with Crippen molar-refractivity contribution in [2.75, 3.05) is 0 Å². The van der Waals surface area contributed by atoms with E-state index in [9.17, 15) is 0 Å². The zero-order valence-corrected chi connectivity index (χ0v) is 7.85. The highest BCUT2D eigenvalue weighted by Crippen LogP contribution is 2.08. The third kappa shape index (κ3) is 4.79. The highest BCUT2D eigenvalue weighted by molar-refractivity contribution is 5.03. The van der Waals surface area contributed by atoms with Gasteiger partial charge >= 0.3 is 0 Å². The number of hydrogen-bond donors (Lipinski definition) is 1. The Morgan fingerprint density at radius 2 is 2.09 bits per heavy atom. The lowest BCUT2D eigenvalue weighted by atomic mass is 10.0. The molecule has 0 aromatic carbocycles. The minimum atomic E-state index is 0.171. The van der Waals surface area contributed by atoms with Crippen LogP contribution in [0.1, 0.15) is 33.6 Å². The maximum atomic E-state index is 5.79. The number of nitrogens with two attached hydrogens (primary N) is 1. The highest BCUT2D eigenvalue weighted by atomic mass is 14.6. The van der Waals surface area contributed by atoms with Gasteiger partial charge in [-0.25, -0.2) is 0 Å². The Morgan fingerprint density at radius 3 is 2.45 bits per heavy atom. The normalized spacial score (nSPS) is 14.7. The summed E-state index contributed by atoms with van der Waals surface area (Å²) >= 11 is 0. The van der Waals surface area contributed by atoms with Gasteiger partial charge in [-0.1, -0.05) is 23.8 Å². The molecular weight excluding hydrogens is 134 g/mol. The molecule has 0 rings (SSSR count). The van der Waals surface area contributed by atoms with Gasteiger partial charge in [0.2, 0.25) is 0 Å². The Morgan fingerprint density at radius 1 is 1.55 bits per heavy atom. The lowest BCUT2D eigenvalue weighted by molar-refractivity contribution is 0.686. The first kappa shape index (κ1) is 10.4. The number of hydrogen-bond acceptors (Lipinski definition) is 1.